The highest BCUT2D eigenvalue weighted by Crippen LogP contribution is 2.26. The minimum atomic E-state index is 0.617. The number of nitrogens with one attached hydrogen (secondary N) is 1. The molecule has 2 aromatic rings. The lowest BCUT2D eigenvalue weighted by Gasteiger charge is -2.22. The summed E-state index contributed by atoms with van der Waals surface area (Å²) in [5, 5.41) is 4.04. The Bertz CT molecular complexity index is 600. The molecule has 5 heteroatoms. The second kappa shape index (κ2) is 6.87. The normalized spacial score (nSPS) is 15.9. The van der Waals surface area contributed by atoms with Crippen LogP contribution in [0.15, 0.2) is 36.7 Å². The summed E-state index contributed by atoms with van der Waals surface area (Å²) in [5.41, 5.74) is 1.76. The van der Waals surface area contributed by atoms with Crippen molar-refractivity contribution < 1.29 is 4.74 Å². The van der Waals surface area contributed by atoms with Crippen LogP contribution in [0.25, 0.3) is 11.3 Å². The van der Waals surface area contributed by atoms with Gasteiger partial charge in [-0.15, -0.1) is 0 Å². The van der Waals surface area contributed by atoms with Gasteiger partial charge in [0, 0.05) is 37.7 Å². The van der Waals surface area contributed by atoms with Gasteiger partial charge in [0.15, 0.2) is 0 Å². The van der Waals surface area contributed by atoms with Crippen molar-refractivity contribution in [3.05, 3.63) is 41.7 Å². The van der Waals surface area contributed by atoms with Crippen molar-refractivity contribution in [3.63, 3.8) is 0 Å². The minimum absolute atomic E-state index is 0.617. The minimum Gasteiger partial charge on any atom is -0.381 e. The molecule has 110 valence electrons. The van der Waals surface area contributed by atoms with Crippen LogP contribution in [0, 0.1) is 5.92 Å². The van der Waals surface area contributed by atoms with Gasteiger partial charge in [0.1, 0.15) is 5.82 Å². The van der Waals surface area contributed by atoms with E-state index in [4.69, 9.17) is 16.3 Å². The molecule has 0 aromatic carbocycles. The van der Waals surface area contributed by atoms with Crippen LogP contribution in [0.4, 0.5) is 5.82 Å². The highest BCUT2D eigenvalue weighted by Gasteiger charge is 2.13. The predicted molar refractivity (Wildman–Crippen MR) is 84.5 cm³/mol. The van der Waals surface area contributed by atoms with E-state index in [1.807, 2.05) is 24.3 Å². The van der Waals surface area contributed by atoms with E-state index in [-0.39, 0.29) is 0 Å². The summed E-state index contributed by atoms with van der Waals surface area (Å²) in [6.45, 7) is 2.67. The van der Waals surface area contributed by atoms with Crippen molar-refractivity contribution in [2.75, 3.05) is 25.1 Å². The van der Waals surface area contributed by atoms with Gasteiger partial charge in [0.05, 0.1) is 10.7 Å². The molecule has 0 aliphatic carbocycles. The zero-order valence-electron chi connectivity index (χ0n) is 11.8. The lowest BCUT2D eigenvalue weighted by atomic mass is 10.0. The summed E-state index contributed by atoms with van der Waals surface area (Å²) >= 11 is 6.17. The number of anilines is 1. The molecule has 0 amide bonds. The van der Waals surface area contributed by atoms with Crippen LogP contribution in [0.3, 0.4) is 0 Å². The molecule has 1 saturated heterocycles. The zero-order valence-corrected chi connectivity index (χ0v) is 12.5. The van der Waals surface area contributed by atoms with Crippen LogP contribution in [0.1, 0.15) is 12.8 Å². The smallest absolute Gasteiger partial charge is 0.126 e. The molecule has 0 saturated carbocycles. The molecule has 0 atom stereocenters. The fourth-order valence-electron chi connectivity index (χ4n) is 2.47. The molecule has 0 bridgehead atoms. The first-order chi connectivity index (χ1) is 10.3. The Morgan fingerprint density at radius 1 is 1.24 bits per heavy atom. The van der Waals surface area contributed by atoms with Gasteiger partial charge in [0.25, 0.3) is 0 Å². The van der Waals surface area contributed by atoms with Gasteiger partial charge < -0.3 is 10.1 Å². The van der Waals surface area contributed by atoms with Gasteiger partial charge in [-0.25, -0.2) is 4.98 Å². The van der Waals surface area contributed by atoms with Crippen LogP contribution in [-0.2, 0) is 4.74 Å². The van der Waals surface area contributed by atoms with Crippen LogP contribution in [-0.4, -0.2) is 29.7 Å². The lowest BCUT2D eigenvalue weighted by Crippen LogP contribution is -2.22. The summed E-state index contributed by atoms with van der Waals surface area (Å²) in [6, 6.07) is 7.82. The molecule has 1 fully saturated rings. The molecule has 2 aromatic heterocycles. The monoisotopic (exact) mass is 303 g/mol. The molecule has 3 heterocycles. The summed E-state index contributed by atoms with van der Waals surface area (Å²) in [5.74, 6) is 1.54. The summed E-state index contributed by atoms with van der Waals surface area (Å²) in [4.78, 5) is 8.64. The van der Waals surface area contributed by atoms with Crippen LogP contribution < -0.4 is 5.32 Å². The van der Waals surface area contributed by atoms with E-state index in [1.54, 1.807) is 12.4 Å². The van der Waals surface area contributed by atoms with Gasteiger partial charge in [-0.2, -0.15) is 0 Å². The number of ether oxygens (including phenoxy) is 1. The third kappa shape index (κ3) is 3.71. The summed E-state index contributed by atoms with van der Waals surface area (Å²) < 4.78 is 5.38. The van der Waals surface area contributed by atoms with Gasteiger partial charge >= 0.3 is 0 Å². The van der Waals surface area contributed by atoms with E-state index in [9.17, 15) is 0 Å². The van der Waals surface area contributed by atoms with Gasteiger partial charge in [-0.3, -0.25) is 4.98 Å². The summed E-state index contributed by atoms with van der Waals surface area (Å²) in [6.07, 6.45) is 5.59. The second-order valence-electron chi connectivity index (χ2n) is 5.20. The third-order valence-corrected chi connectivity index (χ3v) is 4.01. The van der Waals surface area contributed by atoms with Crippen molar-refractivity contribution >= 4 is 17.4 Å². The average Bonchev–Trinajstić information content (AvgIpc) is 2.55. The highest BCUT2D eigenvalue weighted by molar-refractivity contribution is 6.33. The van der Waals surface area contributed by atoms with Crippen molar-refractivity contribution in [1.29, 1.82) is 0 Å². The van der Waals surface area contributed by atoms with E-state index in [0.29, 0.717) is 10.9 Å². The Kier molecular flexibility index (Phi) is 4.68. The van der Waals surface area contributed by atoms with E-state index in [1.165, 1.54) is 0 Å². The third-order valence-electron chi connectivity index (χ3n) is 3.71. The lowest BCUT2D eigenvalue weighted by molar-refractivity contribution is 0.0699. The first kappa shape index (κ1) is 14.3. The molecule has 3 rings (SSSR count). The Balaban J connectivity index is 1.70. The zero-order chi connectivity index (χ0) is 14.5. The van der Waals surface area contributed by atoms with Crippen molar-refractivity contribution in [1.82, 2.24) is 9.97 Å². The molecule has 0 spiro atoms. The maximum atomic E-state index is 6.17. The first-order valence-corrected chi connectivity index (χ1v) is 7.59. The fraction of sp³-hybridized carbons (Fsp3) is 0.375. The van der Waals surface area contributed by atoms with Crippen molar-refractivity contribution in [2.24, 2.45) is 5.92 Å². The number of aromatic nitrogens is 2. The molecule has 4 nitrogen and oxygen atoms in total. The maximum absolute atomic E-state index is 6.17. The SMILES string of the molecule is Clc1cnccc1-c1cccc(NCC2CCOCC2)n1. The number of rotatable bonds is 4. The van der Waals surface area contributed by atoms with Crippen molar-refractivity contribution in [3.8, 4) is 11.3 Å². The fourth-order valence-corrected chi connectivity index (χ4v) is 2.68. The molecule has 1 N–H and O–H groups in total. The van der Waals surface area contributed by atoms with E-state index in [2.05, 4.69) is 15.3 Å². The molecular weight excluding hydrogens is 286 g/mol. The number of hydrogen-bond acceptors (Lipinski definition) is 4. The summed E-state index contributed by atoms with van der Waals surface area (Å²) in [7, 11) is 0. The Hall–Kier alpha value is -1.65. The van der Waals surface area contributed by atoms with Crippen LogP contribution >= 0.6 is 11.6 Å². The molecule has 1 aliphatic heterocycles. The quantitative estimate of drug-likeness (QED) is 0.937. The topological polar surface area (TPSA) is 47.0 Å². The number of nitrogens with zero attached hydrogens (tertiary/aromatic N) is 2. The largest absolute Gasteiger partial charge is 0.381 e. The van der Waals surface area contributed by atoms with E-state index >= 15 is 0 Å². The molecule has 21 heavy (non-hydrogen) atoms. The maximum Gasteiger partial charge on any atom is 0.126 e. The van der Waals surface area contributed by atoms with Crippen molar-refractivity contribution in [2.45, 2.75) is 12.8 Å². The number of halogens is 1. The molecular formula is C16H18ClN3O. The molecule has 0 unspecified atom stereocenters. The second-order valence-corrected chi connectivity index (χ2v) is 5.61. The van der Waals surface area contributed by atoms with Crippen LogP contribution in [0.2, 0.25) is 5.02 Å². The predicted octanol–water partition coefficient (Wildman–Crippen LogP) is 3.64. The molecule has 1 aliphatic rings. The average molecular weight is 304 g/mol. The highest BCUT2D eigenvalue weighted by atomic mass is 35.5. The number of pyridine rings is 2. The molecule has 0 radical (unpaired) electrons. The standard InChI is InChI=1S/C16H18ClN3O/c17-14-11-18-7-4-13(14)15-2-1-3-16(20-15)19-10-12-5-8-21-9-6-12/h1-4,7,11-12H,5-6,8-10H2,(H,19,20). The Morgan fingerprint density at radius 3 is 2.90 bits per heavy atom. The van der Waals surface area contributed by atoms with Gasteiger partial charge in [-0.05, 0) is 37.0 Å². The number of hydrogen-bond donors (Lipinski definition) is 1. The van der Waals surface area contributed by atoms with Gasteiger partial charge in [0.2, 0.25) is 0 Å². The Morgan fingerprint density at radius 2 is 2.10 bits per heavy atom. The van der Waals surface area contributed by atoms with Gasteiger partial charge in [-0.1, -0.05) is 17.7 Å². The van der Waals surface area contributed by atoms with Crippen LogP contribution in [0.5, 0.6) is 0 Å². The Labute approximate surface area is 129 Å². The van der Waals surface area contributed by atoms with E-state index < -0.39 is 0 Å². The van der Waals surface area contributed by atoms with E-state index in [0.717, 1.165) is 49.7 Å². The first-order valence-electron chi connectivity index (χ1n) is 7.21.